The second kappa shape index (κ2) is 7.67. The van der Waals surface area contributed by atoms with E-state index in [0.717, 1.165) is 35.9 Å². The largest absolute Gasteiger partial charge is 0.508 e. The standard InChI is InChI=1S/C20H25NO3/c1-2-15-10-17-16(11-20(23)24-19(17)12-18(15)22)13-21-9-8-14-6-4-3-5-7-14/h6,10-12,21-22H,2-5,7-9,13H2,1H3. The number of aromatic hydroxyl groups is 1. The van der Waals surface area contributed by atoms with E-state index in [-0.39, 0.29) is 11.4 Å². The Labute approximate surface area is 142 Å². The van der Waals surface area contributed by atoms with E-state index in [1.54, 1.807) is 17.7 Å². The zero-order chi connectivity index (χ0) is 16.9. The van der Waals surface area contributed by atoms with Gasteiger partial charge in [0.2, 0.25) is 0 Å². The molecular formula is C20H25NO3. The molecule has 1 aromatic heterocycles. The third-order valence-corrected chi connectivity index (χ3v) is 4.73. The molecule has 128 valence electrons. The van der Waals surface area contributed by atoms with Gasteiger partial charge in [-0.3, -0.25) is 0 Å². The highest BCUT2D eigenvalue weighted by atomic mass is 16.4. The summed E-state index contributed by atoms with van der Waals surface area (Å²) in [7, 11) is 0. The SMILES string of the molecule is CCc1cc2c(CNCCC3=CCCCC3)cc(=O)oc2cc1O. The molecule has 0 aliphatic heterocycles. The molecule has 1 heterocycles. The Bertz CT molecular complexity index is 804. The lowest BCUT2D eigenvalue weighted by atomic mass is 9.97. The lowest BCUT2D eigenvalue weighted by molar-refractivity contribution is 0.466. The van der Waals surface area contributed by atoms with Crippen LogP contribution in [0.3, 0.4) is 0 Å². The average molecular weight is 327 g/mol. The monoisotopic (exact) mass is 327 g/mol. The first kappa shape index (κ1) is 16.8. The molecule has 4 heteroatoms. The van der Waals surface area contributed by atoms with E-state index in [9.17, 15) is 9.90 Å². The summed E-state index contributed by atoms with van der Waals surface area (Å²) in [6, 6.07) is 5.02. The van der Waals surface area contributed by atoms with Gasteiger partial charge in [-0.2, -0.15) is 0 Å². The highest BCUT2D eigenvalue weighted by Gasteiger charge is 2.10. The van der Waals surface area contributed by atoms with Crippen LogP contribution < -0.4 is 10.9 Å². The number of hydrogen-bond acceptors (Lipinski definition) is 4. The molecule has 2 aromatic rings. The normalized spacial score (nSPS) is 14.8. The van der Waals surface area contributed by atoms with Gasteiger partial charge in [0.1, 0.15) is 11.3 Å². The van der Waals surface area contributed by atoms with E-state index in [1.807, 2.05) is 13.0 Å². The van der Waals surface area contributed by atoms with Crippen molar-refractivity contribution in [2.45, 2.75) is 52.0 Å². The van der Waals surface area contributed by atoms with E-state index < -0.39 is 0 Å². The fourth-order valence-corrected chi connectivity index (χ4v) is 3.34. The van der Waals surface area contributed by atoms with Crippen molar-refractivity contribution in [1.29, 1.82) is 0 Å². The van der Waals surface area contributed by atoms with Gasteiger partial charge in [0.05, 0.1) is 0 Å². The lowest BCUT2D eigenvalue weighted by Gasteiger charge is -2.13. The van der Waals surface area contributed by atoms with Crippen LogP contribution in [0, 0.1) is 0 Å². The van der Waals surface area contributed by atoms with Crippen molar-refractivity contribution >= 4 is 11.0 Å². The summed E-state index contributed by atoms with van der Waals surface area (Å²) in [5.41, 5.74) is 3.41. The van der Waals surface area contributed by atoms with E-state index in [4.69, 9.17) is 4.42 Å². The van der Waals surface area contributed by atoms with Crippen LogP contribution in [0.15, 0.2) is 39.1 Å². The minimum Gasteiger partial charge on any atom is -0.508 e. The number of hydrogen-bond donors (Lipinski definition) is 2. The third-order valence-electron chi connectivity index (χ3n) is 4.73. The van der Waals surface area contributed by atoms with Crippen LogP contribution in [0.1, 0.15) is 50.2 Å². The molecule has 3 rings (SSSR count). The first-order chi connectivity index (χ1) is 11.7. The topological polar surface area (TPSA) is 62.5 Å². The Hall–Kier alpha value is -2.07. The molecule has 0 spiro atoms. The van der Waals surface area contributed by atoms with Gasteiger partial charge < -0.3 is 14.8 Å². The Morgan fingerprint density at radius 1 is 1.21 bits per heavy atom. The Morgan fingerprint density at radius 3 is 2.83 bits per heavy atom. The number of rotatable bonds is 6. The van der Waals surface area contributed by atoms with E-state index >= 15 is 0 Å². The van der Waals surface area contributed by atoms with Gasteiger partial charge in [-0.25, -0.2) is 4.79 Å². The molecule has 1 aliphatic carbocycles. The van der Waals surface area contributed by atoms with Crippen molar-refractivity contribution in [1.82, 2.24) is 5.32 Å². The summed E-state index contributed by atoms with van der Waals surface area (Å²) in [6.45, 7) is 3.53. The van der Waals surface area contributed by atoms with Gasteiger partial charge in [-0.1, -0.05) is 18.6 Å². The van der Waals surface area contributed by atoms with E-state index in [2.05, 4.69) is 11.4 Å². The average Bonchev–Trinajstić information content (AvgIpc) is 2.58. The summed E-state index contributed by atoms with van der Waals surface area (Å²) in [5, 5.41) is 14.3. The van der Waals surface area contributed by atoms with Crippen LogP contribution in [-0.2, 0) is 13.0 Å². The van der Waals surface area contributed by atoms with Crippen LogP contribution in [0.2, 0.25) is 0 Å². The van der Waals surface area contributed by atoms with Crippen molar-refractivity contribution in [3.63, 3.8) is 0 Å². The number of phenols is 1. The smallest absolute Gasteiger partial charge is 0.336 e. The Kier molecular flexibility index (Phi) is 5.36. The number of phenolic OH excluding ortho intramolecular Hbond substituents is 1. The zero-order valence-corrected chi connectivity index (χ0v) is 14.2. The second-order valence-electron chi connectivity index (χ2n) is 6.46. The van der Waals surface area contributed by atoms with Gasteiger partial charge in [0, 0.05) is 24.1 Å². The highest BCUT2D eigenvalue weighted by Crippen LogP contribution is 2.27. The van der Waals surface area contributed by atoms with Crippen LogP contribution in [0.4, 0.5) is 0 Å². The van der Waals surface area contributed by atoms with Crippen molar-refractivity contribution in [3.8, 4) is 5.75 Å². The lowest BCUT2D eigenvalue weighted by Crippen LogP contribution is -2.17. The molecule has 0 amide bonds. The second-order valence-corrected chi connectivity index (χ2v) is 6.46. The minimum absolute atomic E-state index is 0.183. The molecule has 0 saturated carbocycles. The summed E-state index contributed by atoms with van der Waals surface area (Å²) in [5.74, 6) is 0.183. The van der Waals surface area contributed by atoms with Crippen molar-refractivity contribution in [2.24, 2.45) is 0 Å². The van der Waals surface area contributed by atoms with Gasteiger partial charge >= 0.3 is 5.63 Å². The molecule has 0 fully saturated rings. The molecule has 0 atom stereocenters. The predicted octanol–water partition coefficient (Wildman–Crippen LogP) is 4.04. The summed E-state index contributed by atoms with van der Waals surface area (Å²) in [6.07, 6.45) is 9.23. The molecule has 2 N–H and O–H groups in total. The van der Waals surface area contributed by atoms with Gasteiger partial charge in [0.15, 0.2) is 0 Å². The predicted molar refractivity (Wildman–Crippen MR) is 96.4 cm³/mol. The maximum atomic E-state index is 11.8. The fraction of sp³-hybridized carbons (Fsp3) is 0.450. The maximum Gasteiger partial charge on any atom is 0.336 e. The zero-order valence-electron chi connectivity index (χ0n) is 14.2. The number of benzene rings is 1. The van der Waals surface area contributed by atoms with E-state index in [0.29, 0.717) is 12.1 Å². The van der Waals surface area contributed by atoms with Crippen molar-refractivity contribution in [2.75, 3.05) is 6.54 Å². The summed E-state index contributed by atoms with van der Waals surface area (Å²) in [4.78, 5) is 11.8. The summed E-state index contributed by atoms with van der Waals surface area (Å²) < 4.78 is 5.23. The molecule has 4 nitrogen and oxygen atoms in total. The van der Waals surface area contributed by atoms with E-state index in [1.165, 1.54) is 25.7 Å². The van der Waals surface area contributed by atoms with Crippen molar-refractivity contribution in [3.05, 3.63) is 51.4 Å². The molecule has 0 saturated heterocycles. The van der Waals surface area contributed by atoms with Crippen LogP contribution in [0.25, 0.3) is 11.0 Å². The quantitative estimate of drug-likeness (QED) is 0.477. The molecular weight excluding hydrogens is 302 g/mol. The number of aryl methyl sites for hydroxylation is 1. The molecule has 0 radical (unpaired) electrons. The number of nitrogens with one attached hydrogen (secondary N) is 1. The first-order valence-corrected chi connectivity index (χ1v) is 8.84. The Morgan fingerprint density at radius 2 is 2.08 bits per heavy atom. The minimum atomic E-state index is -0.377. The van der Waals surface area contributed by atoms with Gasteiger partial charge in [-0.15, -0.1) is 0 Å². The van der Waals surface area contributed by atoms with Gasteiger partial charge in [0.25, 0.3) is 0 Å². The molecule has 0 unspecified atom stereocenters. The molecule has 0 bridgehead atoms. The Balaban J connectivity index is 1.73. The molecule has 24 heavy (non-hydrogen) atoms. The molecule has 1 aliphatic rings. The van der Waals surface area contributed by atoms with Crippen LogP contribution >= 0.6 is 0 Å². The third kappa shape index (κ3) is 3.88. The summed E-state index contributed by atoms with van der Waals surface area (Å²) >= 11 is 0. The fourth-order valence-electron chi connectivity index (χ4n) is 3.34. The molecule has 1 aromatic carbocycles. The first-order valence-electron chi connectivity index (χ1n) is 8.84. The van der Waals surface area contributed by atoms with Crippen LogP contribution in [0.5, 0.6) is 5.75 Å². The van der Waals surface area contributed by atoms with Crippen LogP contribution in [-0.4, -0.2) is 11.7 Å². The highest BCUT2D eigenvalue weighted by molar-refractivity contribution is 5.82. The maximum absolute atomic E-state index is 11.8. The van der Waals surface area contributed by atoms with Crippen molar-refractivity contribution < 1.29 is 9.52 Å². The number of allylic oxidation sites excluding steroid dienone is 1. The van der Waals surface area contributed by atoms with Gasteiger partial charge in [-0.05, 0) is 62.3 Å². The number of fused-ring (bicyclic) bond motifs is 1.